The number of rotatable bonds is 3. The van der Waals surface area contributed by atoms with E-state index in [1.165, 1.54) is 27.1 Å². The van der Waals surface area contributed by atoms with Gasteiger partial charge in [0.25, 0.3) is 0 Å². The molecule has 0 amide bonds. The van der Waals surface area contributed by atoms with Gasteiger partial charge in [0.05, 0.1) is 5.69 Å². The van der Waals surface area contributed by atoms with Gasteiger partial charge in [-0.25, -0.2) is 0 Å². The first kappa shape index (κ1) is 19.9. The van der Waals surface area contributed by atoms with Crippen LogP contribution in [0.3, 0.4) is 0 Å². The molecule has 2 nitrogen and oxygen atoms in total. The molecule has 0 fully saturated rings. The summed E-state index contributed by atoms with van der Waals surface area (Å²) in [6.07, 6.45) is 0. The van der Waals surface area contributed by atoms with Gasteiger partial charge in [-0.3, -0.25) is 0 Å². The van der Waals surface area contributed by atoms with Gasteiger partial charge >= 0.3 is 0 Å². The SMILES string of the molecule is Cc1cc2ccccc2c2oc3ccc(N(c4ccccc4)c4cccc5ccccc45)cc3c12. The molecule has 0 saturated heterocycles. The van der Waals surface area contributed by atoms with Gasteiger partial charge in [0.15, 0.2) is 0 Å². The maximum absolute atomic E-state index is 6.44. The third kappa shape index (κ3) is 3.11. The van der Waals surface area contributed by atoms with Gasteiger partial charge in [0.1, 0.15) is 11.2 Å². The Morgan fingerprint density at radius 2 is 1.26 bits per heavy atom. The van der Waals surface area contributed by atoms with Gasteiger partial charge in [-0.2, -0.15) is 0 Å². The Labute approximate surface area is 203 Å². The van der Waals surface area contributed by atoms with Crippen molar-refractivity contribution in [2.45, 2.75) is 6.92 Å². The summed E-state index contributed by atoms with van der Waals surface area (Å²) in [4.78, 5) is 2.34. The Bertz CT molecular complexity index is 1860. The molecular weight excluding hydrogens is 426 g/mol. The molecule has 0 saturated carbocycles. The molecule has 1 aromatic heterocycles. The lowest BCUT2D eigenvalue weighted by Crippen LogP contribution is -2.10. The molecule has 0 unspecified atom stereocenters. The first-order valence-corrected chi connectivity index (χ1v) is 12.0. The molecule has 1 heterocycles. The minimum absolute atomic E-state index is 0.911. The first-order valence-electron chi connectivity index (χ1n) is 12.0. The lowest BCUT2D eigenvalue weighted by Gasteiger charge is -2.27. The molecule has 35 heavy (non-hydrogen) atoms. The number of hydrogen-bond donors (Lipinski definition) is 0. The van der Waals surface area contributed by atoms with Crippen LogP contribution in [0, 0.1) is 6.92 Å². The minimum atomic E-state index is 0.911. The van der Waals surface area contributed by atoms with Gasteiger partial charge in [0, 0.05) is 32.9 Å². The predicted molar refractivity (Wildman–Crippen MR) is 148 cm³/mol. The van der Waals surface area contributed by atoms with E-state index < -0.39 is 0 Å². The van der Waals surface area contributed by atoms with Crippen molar-refractivity contribution in [2.75, 3.05) is 4.90 Å². The Kier molecular flexibility index (Phi) is 4.40. The number of para-hydroxylation sites is 1. The lowest BCUT2D eigenvalue weighted by atomic mass is 10.0. The molecule has 7 aromatic rings. The number of benzene rings is 6. The highest BCUT2D eigenvalue weighted by Gasteiger charge is 2.18. The standard InChI is InChI=1S/C33H23NO/c1-22-20-24-11-6-8-16-28(24)33-32(22)29-21-26(18-19-31(29)35-33)34(25-13-3-2-4-14-25)30-17-9-12-23-10-5-7-15-27(23)30/h2-21H,1H3. The number of fused-ring (bicyclic) bond motifs is 6. The predicted octanol–water partition coefficient (Wildman–Crippen LogP) is 9.67. The summed E-state index contributed by atoms with van der Waals surface area (Å²) >= 11 is 0. The molecule has 0 aliphatic heterocycles. The number of hydrogen-bond acceptors (Lipinski definition) is 2. The van der Waals surface area contributed by atoms with Gasteiger partial charge in [-0.1, -0.05) is 84.9 Å². The number of aryl methyl sites for hydroxylation is 1. The summed E-state index contributed by atoms with van der Waals surface area (Å²) in [6, 6.07) is 42.9. The van der Waals surface area contributed by atoms with E-state index in [-0.39, 0.29) is 0 Å². The van der Waals surface area contributed by atoms with Crippen LogP contribution in [-0.2, 0) is 0 Å². The molecule has 0 radical (unpaired) electrons. The van der Waals surface area contributed by atoms with Crippen LogP contribution in [0.4, 0.5) is 17.1 Å². The molecule has 0 aliphatic rings. The van der Waals surface area contributed by atoms with E-state index in [9.17, 15) is 0 Å². The van der Waals surface area contributed by atoms with E-state index in [1.54, 1.807) is 0 Å². The third-order valence-electron chi connectivity index (χ3n) is 6.92. The Morgan fingerprint density at radius 1 is 0.543 bits per heavy atom. The van der Waals surface area contributed by atoms with Gasteiger partial charge in [0.2, 0.25) is 0 Å². The Hall–Kier alpha value is -4.56. The largest absolute Gasteiger partial charge is 0.455 e. The molecule has 0 spiro atoms. The highest BCUT2D eigenvalue weighted by Crippen LogP contribution is 2.42. The van der Waals surface area contributed by atoms with Crippen LogP contribution in [0.5, 0.6) is 0 Å². The van der Waals surface area contributed by atoms with Crippen molar-refractivity contribution in [1.82, 2.24) is 0 Å². The molecule has 166 valence electrons. The zero-order valence-corrected chi connectivity index (χ0v) is 19.4. The molecule has 2 heteroatoms. The van der Waals surface area contributed by atoms with E-state index in [0.717, 1.165) is 39.0 Å². The van der Waals surface area contributed by atoms with Crippen molar-refractivity contribution in [3.8, 4) is 0 Å². The second-order valence-corrected chi connectivity index (χ2v) is 9.07. The maximum Gasteiger partial charge on any atom is 0.143 e. The smallest absolute Gasteiger partial charge is 0.143 e. The van der Waals surface area contributed by atoms with E-state index in [4.69, 9.17) is 4.42 Å². The van der Waals surface area contributed by atoms with Crippen molar-refractivity contribution >= 4 is 60.5 Å². The summed E-state index contributed by atoms with van der Waals surface area (Å²) in [5.74, 6) is 0. The molecule has 0 bridgehead atoms. The van der Waals surface area contributed by atoms with Crippen molar-refractivity contribution < 1.29 is 4.42 Å². The minimum Gasteiger partial charge on any atom is -0.455 e. The molecule has 6 aromatic carbocycles. The van der Waals surface area contributed by atoms with Crippen molar-refractivity contribution in [3.05, 3.63) is 127 Å². The maximum atomic E-state index is 6.44. The van der Waals surface area contributed by atoms with E-state index in [1.807, 2.05) is 0 Å². The van der Waals surface area contributed by atoms with E-state index >= 15 is 0 Å². The Balaban J connectivity index is 1.53. The van der Waals surface area contributed by atoms with E-state index in [0.29, 0.717) is 0 Å². The molecule has 0 N–H and O–H groups in total. The van der Waals surface area contributed by atoms with Crippen LogP contribution in [0.2, 0.25) is 0 Å². The van der Waals surface area contributed by atoms with Crippen LogP contribution < -0.4 is 4.90 Å². The van der Waals surface area contributed by atoms with Crippen LogP contribution in [0.1, 0.15) is 5.56 Å². The lowest BCUT2D eigenvalue weighted by molar-refractivity contribution is 0.672. The average molecular weight is 450 g/mol. The monoisotopic (exact) mass is 449 g/mol. The summed E-state index contributed by atoms with van der Waals surface area (Å²) in [6.45, 7) is 2.18. The molecule has 0 atom stereocenters. The number of nitrogens with zero attached hydrogens (tertiary/aromatic N) is 1. The normalized spacial score (nSPS) is 11.6. The van der Waals surface area contributed by atoms with Gasteiger partial charge in [-0.15, -0.1) is 0 Å². The van der Waals surface area contributed by atoms with Gasteiger partial charge in [-0.05, 0) is 59.7 Å². The second-order valence-electron chi connectivity index (χ2n) is 9.07. The summed E-state index contributed by atoms with van der Waals surface area (Å²) in [5.41, 5.74) is 6.49. The fourth-order valence-corrected chi connectivity index (χ4v) is 5.35. The Morgan fingerprint density at radius 3 is 2.11 bits per heavy atom. The highest BCUT2D eigenvalue weighted by molar-refractivity contribution is 6.17. The van der Waals surface area contributed by atoms with Gasteiger partial charge < -0.3 is 9.32 Å². The zero-order valence-electron chi connectivity index (χ0n) is 19.4. The summed E-state index contributed by atoms with van der Waals surface area (Å²) in [5, 5.41) is 7.13. The van der Waals surface area contributed by atoms with Crippen molar-refractivity contribution in [2.24, 2.45) is 0 Å². The fraction of sp³-hybridized carbons (Fsp3) is 0.0303. The molecular formula is C33H23NO. The summed E-state index contributed by atoms with van der Waals surface area (Å²) in [7, 11) is 0. The second kappa shape index (κ2) is 7.75. The van der Waals surface area contributed by atoms with Crippen molar-refractivity contribution in [3.63, 3.8) is 0 Å². The quantitative estimate of drug-likeness (QED) is 0.267. The molecule has 0 aliphatic carbocycles. The zero-order chi connectivity index (χ0) is 23.4. The first-order chi connectivity index (χ1) is 17.3. The number of furan rings is 1. The third-order valence-corrected chi connectivity index (χ3v) is 6.92. The number of anilines is 3. The van der Waals surface area contributed by atoms with Crippen LogP contribution in [0.15, 0.2) is 126 Å². The van der Waals surface area contributed by atoms with Crippen LogP contribution in [0.25, 0.3) is 43.5 Å². The summed E-state index contributed by atoms with van der Waals surface area (Å²) < 4.78 is 6.44. The van der Waals surface area contributed by atoms with E-state index in [2.05, 4.69) is 133 Å². The van der Waals surface area contributed by atoms with Crippen molar-refractivity contribution in [1.29, 1.82) is 0 Å². The average Bonchev–Trinajstić information content (AvgIpc) is 3.30. The topological polar surface area (TPSA) is 16.4 Å². The fourth-order valence-electron chi connectivity index (χ4n) is 5.35. The van der Waals surface area contributed by atoms with Crippen LogP contribution >= 0.6 is 0 Å². The molecule has 7 rings (SSSR count). The highest BCUT2D eigenvalue weighted by atomic mass is 16.3. The van der Waals surface area contributed by atoms with Crippen LogP contribution in [-0.4, -0.2) is 0 Å².